The van der Waals surface area contributed by atoms with Crippen molar-refractivity contribution in [1.82, 2.24) is 13.9 Å². The lowest BCUT2D eigenvalue weighted by Gasteiger charge is -2.46. The molecule has 0 unspecified atom stereocenters. The second-order valence-electron chi connectivity index (χ2n) is 8.82. The Morgan fingerprint density at radius 3 is 2.59 bits per heavy atom. The quantitative estimate of drug-likeness (QED) is 0.505. The smallest absolute Gasteiger partial charge is 0.301 e. The van der Waals surface area contributed by atoms with Crippen LogP contribution in [0.3, 0.4) is 0 Å². The number of fused-ring (bicyclic) bond motifs is 1. The van der Waals surface area contributed by atoms with E-state index in [4.69, 9.17) is 16.3 Å². The fourth-order valence-electron chi connectivity index (χ4n) is 4.09. The molecule has 0 atom stereocenters. The molecule has 12 heteroatoms. The van der Waals surface area contributed by atoms with Gasteiger partial charge in [0.05, 0.1) is 40.2 Å². The van der Waals surface area contributed by atoms with Crippen molar-refractivity contribution < 1.29 is 17.5 Å². The maximum absolute atomic E-state index is 14.7. The molecule has 2 N–H and O–H groups in total. The standard InChI is InChI=1S/C22H25ClFN5O4S/c1-13-15(7-8-16-18(13)21(30)28(3)12-25-16)26-20-14(24)5-6-17(19(20)23)27-34(31,32)29-9-22(2,10-29)11-33-4/h5-8,12,26-27H,9-11H2,1-4H3. The van der Waals surface area contributed by atoms with Gasteiger partial charge in [0.1, 0.15) is 5.82 Å². The fourth-order valence-corrected chi connectivity index (χ4v) is 5.93. The average molecular weight is 510 g/mol. The van der Waals surface area contributed by atoms with Gasteiger partial charge in [-0.05, 0) is 36.8 Å². The van der Waals surface area contributed by atoms with Crippen LogP contribution in [0.15, 0.2) is 35.4 Å². The predicted octanol–water partition coefficient (Wildman–Crippen LogP) is 3.40. The Balaban J connectivity index is 1.64. The van der Waals surface area contributed by atoms with E-state index in [-0.39, 0.29) is 27.4 Å². The molecule has 182 valence electrons. The molecule has 0 bridgehead atoms. The number of hydrogen-bond acceptors (Lipinski definition) is 6. The molecule has 2 aromatic carbocycles. The molecule has 1 aromatic heterocycles. The van der Waals surface area contributed by atoms with E-state index in [2.05, 4.69) is 15.0 Å². The van der Waals surface area contributed by atoms with Gasteiger partial charge in [0, 0.05) is 38.3 Å². The van der Waals surface area contributed by atoms with Crippen LogP contribution in [0, 0.1) is 18.2 Å². The van der Waals surface area contributed by atoms with E-state index in [1.807, 2.05) is 6.92 Å². The van der Waals surface area contributed by atoms with Gasteiger partial charge in [0.2, 0.25) is 0 Å². The zero-order valence-electron chi connectivity index (χ0n) is 19.1. The summed E-state index contributed by atoms with van der Waals surface area (Å²) < 4.78 is 50.6. The van der Waals surface area contributed by atoms with Crippen molar-refractivity contribution in [2.75, 3.05) is 36.8 Å². The summed E-state index contributed by atoms with van der Waals surface area (Å²) in [6.07, 6.45) is 1.43. The number of hydrogen-bond donors (Lipinski definition) is 2. The highest BCUT2D eigenvalue weighted by Gasteiger charge is 2.45. The summed E-state index contributed by atoms with van der Waals surface area (Å²) in [6.45, 7) is 4.67. The van der Waals surface area contributed by atoms with Gasteiger partial charge in [0.15, 0.2) is 0 Å². The van der Waals surface area contributed by atoms with E-state index in [0.29, 0.717) is 41.9 Å². The first kappa shape index (κ1) is 24.4. The van der Waals surface area contributed by atoms with Gasteiger partial charge < -0.3 is 14.6 Å². The molecular formula is C22H25ClFN5O4S. The lowest BCUT2D eigenvalue weighted by molar-refractivity contribution is 0.00408. The highest BCUT2D eigenvalue weighted by Crippen LogP contribution is 2.38. The van der Waals surface area contributed by atoms with Crippen LogP contribution in [-0.2, 0) is 22.0 Å². The molecule has 3 aromatic rings. The molecule has 1 aliphatic rings. The highest BCUT2D eigenvalue weighted by molar-refractivity contribution is 7.90. The number of aromatic nitrogens is 2. The van der Waals surface area contributed by atoms with Crippen LogP contribution in [0.1, 0.15) is 12.5 Å². The number of nitrogens with one attached hydrogen (secondary N) is 2. The molecule has 0 amide bonds. The van der Waals surface area contributed by atoms with E-state index < -0.39 is 16.0 Å². The molecule has 0 spiro atoms. The van der Waals surface area contributed by atoms with E-state index in [0.717, 1.165) is 6.07 Å². The number of halogens is 2. The molecule has 34 heavy (non-hydrogen) atoms. The topological polar surface area (TPSA) is 106 Å². The maximum Gasteiger partial charge on any atom is 0.301 e. The Labute approximate surface area is 201 Å². The molecule has 4 rings (SSSR count). The van der Waals surface area contributed by atoms with Gasteiger partial charge in [-0.3, -0.25) is 9.52 Å². The van der Waals surface area contributed by atoms with Crippen LogP contribution in [0.2, 0.25) is 5.02 Å². The number of benzene rings is 2. The van der Waals surface area contributed by atoms with Gasteiger partial charge in [-0.2, -0.15) is 12.7 Å². The number of rotatable bonds is 7. The van der Waals surface area contributed by atoms with Crippen LogP contribution in [0.4, 0.5) is 21.5 Å². The normalized spacial score (nSPS) is 15.8. The Bertz CT molecular complexity index is 1440. The van der Waals surface area contributed by atoms with Crippen LogP contribution in [0.5, 0.6) is 0 Å². The van der Waals surface area contributed by atoms with E-state index >= 15 is 0 Å². The van der Waals surface area contributed by atoms with Crippen molar-refractivity contribution >= 4 is 49.8 Å². The van der Waals surface area contributed by atoms with Crippen molar-refractivity contribution in [3.63, 3.8) is 0 Å². The number of methoxy groups -OCH3 is 1. The third-order valence-electron chi connectivity index (χ3n) is 5.89. The fraction of sp³-hybridized carbons (Fsp3) is 0.364. The Morgan fingerprint density at radius 1 is 1.24 bits per heavy atom. The van der Waals surface area contributed by atoms with Crippen molar-refractivity contribution in [2.24, 2.45) is 12.5 Å². The van der Waals surface area contributed by atoms with Gasteiger partial charge in [0.25, 0.3) is 5.56 Å². The van der Waals surface area contributed by atoms with Gasteiger partial charge >= 0.3 is 10.2 Å². The van der Waals surface area contributed by atoms with Crippen LogP contribution >= 0.6 is 11.6 Å². The van der Waals surface area contributed by atoms with Gasteiger partial charge in [-0.15, -0.1) is 0 Å². The van der Waals surface area contributed by atoms with Crippen molar-refractivity contribution in [3.8, 4) is 0 Å². The zero-order valence-corrected chi connectivity index (χ0v) is 20.7. The number of aryl methyl sites for hydroxylation is 2. The first-order valence-electron chi connectivity index (χ1n) is 10.4. The average Bonchev–Trinajstić information content (AvgIpc) is 2.75. The SMILES string of the molecule is COCC1(C)CN(S(=O)(=O)Nc2ccc(F)c(Nc3ccc4ncn(C)c(=O)c4c3C)c2Cl)C1. The minimum atomic E-state index is -3.90. The number of anilines is 3. The molecule has 0 saturated carbocycles. The minimum absolute atomic E-state index is 0.0296. The largest absolute Gasteiger partial charge is 0.384 e. The molecule has 1 fully saturated rings. The third-order valence-corrected chi connectivity index (χ3v) is 7.69. The molecule has 0 aliphatic carbocycles. The molecular weight excluding hydrogens is 485 g/mol. The van der Waals surface area contributed by atoms with Crippen molar-refractivity contribution in [2.45, 2.75) is 13.8 Å². The monoisotopic (exact) mass is 509 g/mol. The lowest BCUT2D eigenvalue weighted by atomic mass is 9.85. The summed E-state index contributed by atoms with van der Waals surface area (Å²) in [7, 11) is -0.735. The predicted molar refractivity (Wildman–Crippen MR) is 131 cm³/mol. The van der Waals surface area contributed by atoms with Crippen LogP contribution < -0.4 is 15.6 Å². The van der Waals surface area contributed by atoms with E-state index in [9.17, 15) is 17.6 Å². The highest BCUT2D eigenvalue weighted by atomic mass is 35.5. The number of ether oxygens (including phenoxy) is 1. The van der Waals surface area contributed by atoms with Crippen LogP contribution in [0.25, 0.3) is 10.9 Å². The van der Waals surface area contributed by atoms with Gasteiger partial charge in [-0.1, -0.05) is 18.5 Å². The van der Waals surface area contributed by atoms with Crippen LogP contribution in [-0.4, -0.2) is 49.1 Å². The Hall–Kier alpha value is -2.73. The van der Waals surface area contributed by atoms with E-state index in [1.165, 1.54) is 21.3 Å². The van der Waals surface area contributed by atoms with E-state index in [1.54, 1.807) is 33.2 Å². The molecule has 0 radical (unpaired) electrons. The first-order chi connectivity index (χ1) is 16.0. The summed E-state index contributed by atoms with van der Waals surface area (Å²) in [6, 6.07) is 5.69. The molecule has 9 nitrogen and oxygen atoms in total. The second kappa shape index (κ2) is 8.81. The summed E-state index contributed by atoms with van der Waals surface area (Å²) in [4.78, 5) is 16.8. The number of nitrogens with zero attached hydrogens (tertiary/aromatic N) is 3. The second-order valence-corrected chi connectivity index (χ2v) is 10.9. The van der Waals surface area contributed by atoms with Crippen molar-refractivity contribution in [3.05, 3.63) is 57.3 Å². The summed E-state index contributed by atoms with van der Waals surface area (Å²) in [5.74, 6) is -0.678. The minimum Gasteiger partial charge on any atom is -0.384 e. The van der Waals surface area contributed by atoms with Crippen molar-refractivity contribution in [1.29, 1.82) is 0 Å². The Morgan fingerprint density at radius 2 is 1.91 bits per heavy atom. The third kappa shape index (κ3) is 4.36. The Kier molecular flexibility index (Phi) is 6.32. The first-order valence-corrected chi connectivity index (χ1v) is 12.2. The lowest BCUT2D eigenvalue weighted by Crippen LogP contribution is -2.59. The summed E-state index contributed by atoms with van der Waals surface area (Å²) in [5, 5.41) is 3.17. The molecule has 1 aliphatic heterocycles. The molecule has 1 saturated heterocycles. The molecule has 2 heterocycles. The zero-order chi connectivity index (χ0) is 24.8. The summed E-state index contributed by atoms with van der Waals surface area (Å²) in [5.41, 5.74) is 0.924. The van der Waals surface area contributed by atoms with Gasteiger partial charge in [-0.25, -0.2) is 9.37 Å². The maximum atomic E-state index is 14.7. The summed E-state index contributed by atoms with van der Waals surface area (Å²) >= 11 is 6.42.